The van der Waals surface area contributed by atoms with Crippen LogP contribution in [0.4, 0.5) is 4.39 Å². The van der Waals surface area contributed by atoms with Crippen molar-refractivity contribution in [2.75, 3.05) is 0 Å². The molecule has 0 saturated carbocycles. The van der Waals surface area contributed by atoms with Gasteiger partial charge in [-0.3, -0.25) is 9.59 Å². The Kier molecular flexibility index (Phi) is 5.45. The second-order valence-electron chi connectivity index (χ2n) is 3.92. The van der Waals surface area contributed by atoms with Crippen molar-refractivity contribution in [3.8, 4) is 0 Å². The fourth-order valence-corrected chi connectivity index (χ4v) is 1.60. The van der Waals surface area contributed by atoms with Gasteiger partial charge in [0.25, 0.3) is 5.91 Å². The quantitative estimate of drug-likeness (QED) is 0.739. The Bertz CT molecular complexity index is 549. The van der Waals surface area contributed by atoms with Crippen molar-refractivity contribution >= 4 is 29.4 Å². The summed E-state index contributed by atoms with van der Waals surface area (Å²) in [6.45, 7) is 0. The van der Waals surface area contributed by atoms with Gasteiger partial charge < -0.3 is 15.5 Å². The number of hydrogen-bond donors (Lipinski definition) is 3. The van der Waals surface area contributed by atoms with E-state index in [0.29, 0.717) is 0 Å². The van der Waals surface area contributed by atoms with E-state index in [2.05, 4.69) is 5.32 Å². The summed E-state index contributed by atoms with van der Waals surface area (Å²) < 4.78 is 13.4. The van der Waals surface area contributed by atoms with E-state index < -0.39 is 41.7 Å². The number of rotatable bonds is 6. The predicted molar refractivity (Wildman–Crippen MR) is 67.2 cm³/mol. The molecule has 8 heteroatoms. The molecule has 0 bridgehead atoms. The summed E-state index contributed by atoms with van der Waals surface area (Å²) in [5.41, 5.74) is -0.404. The lowest BCUT2D eigenvalue weighted by molar-refractivity contribution is -0.140. The van der Waals surface area contributed by atoms with Gasteiger partial charge in [-0.2, -0.15) is 0 Å². The first-order valence-electron chi connectivity index (χ1n) is 5.51. The summed E-state index contributed by atoms with van der Waals surface area (Å²) in [4.78, 5) is 33.1. The molecule has 0 aliphatic heterocycles. The standard InChI is InChI=1S/C12H11ClFNO5/c13-6-1-2-8(14)7(5-6)11(18)15-9(12(19)20)3-4-10(16)17/h1-2,5,9H,3-4H2,(H,15,18)(H,16,17)(H,19,20). The van der Waals surface area contributed by atoms with Crippen LogP contribution in [0, 0.1) is 5.82 Å². The molecule has 1 atom stereocenters. The van der Waals surface area contributed by atoms with E-state index in [1.54, 1.807) is 0 Å². The summed E-state index contributed by atoms with van der Waals surface area (Å²) in [6, 6.07) is 1.86. The number of aliphatic carboxylic acids is 2. The van der Waals surface area contributed by atoms with E-state index >= 15 is 0 Å². The van der Waals surface area contributed by atoms with Gasteiger partial charge in [-0.1, -0.05) is 11.6 Å². The highest BCUT2D eigenvalue weighted by Gasteiger charge is 2.23. The monoisotopic (exact) mass is 303 g/mol. The third-order valence-corrected chi connectivity index (χ3v) is 2.66. The van der Waals surface area contributed by atoms with Crippen molar-refractivity contribution in [2.45, 2.75) is 18.9 Å². The summed E-state index contributed by atoms with van der Waals surface area (Å²) in [7, 11) is 0. The highest BCUT2D eigenvalue weighted by molar-refractivity contribution is 6.31. The van der Waals surface area contributed by atoms with Crippen LogP contribution in [0.2, 0.25) is 5.02 Å². The second kappa shape index (κ2) is 6.85. The maximum atomic E-state index is 13.4. The molecule has 0 saturated heterocycles. The van der Waals surface area contributed by atoms with Crippen molar-refractivity contribution < 1.29 is 29.0 Å². The van der Waals surface area contributed by atoms with E-state index in [1.165, 1.54) is 6.07 Å². The Morgan fingerprint density at radius 3 is 2.50 bits per heavy atom. The molecule has 108 valence electrons. The summed E-state index contributed by atoms with van der Waals surface area (Å²) >= 11 is 5.62. The molecule has 0 heterocycles. The Morgan fingerprint density at radius 2 is 1.95 bits per heavy atom. The predicted octanol–water partition coefficient (Wildman–Crippen LogP) is 1.53. The van der Waals surface area contributed by atoms with Gasteiger partial charge in [0.05, 0.1) is 5.56 Å². The average molecular weight is 304 g/mol. The molecular weight excluding hydrogens is 293 g/mol. The Labute approximate surface area is 118 Å². The molecule has 0 aliphatic rings. The minimum Gasteiger partial charge on any atom is -0.481 e. The largest absolute Gasteiger partial charge is 0.481 e. The van der Waals surface area contributed by atoms with Gasteiger partial charge >= 0.3 is 11.9 Å². The molecule has 3 N–H and O–H groups in total. The first-order valence-corrected chi connectivity index (χ1v) is 5.89. The van der Waals surface area contributed by atoms with Gasteiger partial charge in [-0.05, 0) is 24.6 Å². The van der Waals surface area contributed by atoms with Crippen LogP contribution in [0.3, 0.4) is 0 Å². The van der Waals surface area contributed by atoms with Crippen molar-refractivity contribution in [1.82, 2.24) is 5.32 Å². The normalized spacial score (nSPS) is 11.7. The molecule has 1 unspecified atom stereocenters. The first kappa shape index (κ1) is 15.9. The lowest BCUT2D eigenvalue weighted by Gasteiger charge is -2.14. The van der Waals surface area contributed by atoms with Crippen LogP contribution in [0.15, 0.2) is 18.2 Å². The lowest BCUT2D eigenvalue weighted by atomic mass is 10.1. The van der Waals surface area contributed by atoms with E-state index in [9.17, 15) is 18.8 Å². The Balaban J connectivity index is 2.82. The zero-order valence-corrected chi connectivity index (χ0v) is 10.9. The van der Waals surface area contributed by atoms with Crippen LogP contribution >= 0.6 is 11.6 Å². The van der Waals surface area contributed by atoms with Gasteiger partial charge in [0.2, 0.25) is 0 Å². The summed E-state index contributed by atoms with van der Waals surface area (Å²) in [5, 5.41) is 19.5. The number of hydrogen-bond acceptors (Lipinski definition) is 3. The van der Waals surface area contributed by atoms with Crippen molar-refractivity contribution in [3.05, 3.63) is 34.6 Å². The van der Waals surface area contributed by atoms with Gasteiger partial charge in [-0.15, -0.1) is 0 Å². The summed E-state index contributed by atoms with van der Waals surface area (Å²) in [5.74, 6) is -4.42. The third-order valence-electron chi connectivity index (χ3n) is 2.42. The van der Waals surface area contributed by atoms with Crippen molar-refractivity contribution in [1.29, 1.82) is 0 Å². The van der Waals surface area contributed by atoms with Crippen LogP contribution in [0.25, 0.3) is 0 Å². The molecule has 0 spiro atoms. The number of carbonyl (C=O) groups excluding carboxylic acids is 1. The van der Waals surface area contributed by atoms with Crippen LogP contribution in [0.5, 0.6) is 0 Å². The highest BCUT2D eigenvalue weighted by atomic mass is 35.5. The average Bonchev–Trinajstić information content (AvgIpc) is 2.36. The Hall–Kier alpha value is -2.15. The second-order valence-corrected chi connectivity index (χ2v) is 4.36. The summed E-state index contributed by atoms with van der Waals surface area (Å²) in [6.07, 6.45) is -0.742. The molecule has 20 heavy (non-hydrogen) atoms. The fourth-order valence-electron chi connectivity index (χ4n) is 1.43. The topological polar surface area (TPSA) is 104 Å². The smallest absolute Gasteiger partial charge is 0.326 e. The maximum absolute atomic E-state index is 13.4. The molecule has 0 aliphatic carbocycles. The molecule has 6 nitrogen and oxygen atoms in total. The maximum Gasteiger partial charge on any atom is 0.326 e. The van der Waals surface area contributed by atoms with E-state index in [1.807, 2.05) is 0 Å². The third kappa shape index (κ3) is 4.51. The van der Waals surface area contributed by atoms with E-state index in [4.69, 9.17) is 21.8 Å². The number of carboxylic acid groups (broad SMARTS) is 2. The van der Waals surface area contributed by atoms with Crippen LogP contribution < -0.4 is 5.32 Å². The molecule has 0 radical (unpaired) electrons. The van der Waals surface area contributed by atoms with Gasteiger partial charge in [0.1, 0.15) is 11.9 Å². The van der Waals surface area contributed by atoms with Gasteiger partial charge in [0, 0.05) is 11.4 Å². The number of amides is 1. The molecular formula is C12H11ClFNO5. The molecule has 1 aromatic rings. The molecule has 1 aromatic carbocycles. The molecule has 1 rings (SSSR count). The number of carbonyl (C=O) groups is 3. The number of nitrogens with one attached hydrogen (secondary N) is 1. The van der Waals surface area contributed by atoms with Crippen molar-refractivity contribution in [2.24, 2.45) is 0 Å². The Morgan fingerprint density at radius 1 is 1.30 bits per heavy atom. The van der Waals surface area contributed by atoms with Crippen molar-refractivity contribution in [3.63, 3.8) is 0 Å². The minimum absolute atomic E-state index is 0.119. The molecule has 1 amide bonds. The van der Waals surface area contributed by atoms with Crippen LogP contribution in [-0.2, 0) is 9.59 Å². The van der Waals surface area contributed by atoms with E-state index in [-0.39, 0.29) is 11.4 Å². The highest BCUT2D eigenvalue weighted by Crippen LogP contribution is 2.15. The first-order chi connectivity index (χ1) is 9.31. The molecule has 0 fully saturated rings. The lowest BCUT2D eigenvalue weighted by Crippen LogP contribution is -2.41. The number of carboxylic acids is 2. The zero-order chi connectivity index (χ0) is 15.3. The zero-order valence-electron chi connectivity index (χ0n) is 10.1. The minimum atomic E-state index is -1.42. The number of benzene rings is 1. The van der Waals surface area contributed by atoms with Gasteiger partial charge in [-0.25, -0.2) is 9.18 Å². The van der Waals surface area contributed by atoms with Gasteiger partial charge in [0.15, 0.2) is 0 Å². The fraction of sp³-hybridized carbons (Fsp3) is 0.250. The van der Waals surface area contributed by atoms with Crippen LogP contribution in [-0.4, -0.2) is 34.1 Å². The van der Waals surface area contributed by atoms with E-state index in [0.717, 1.165) is 12.1 Å². The molecule has 0 aromatic heterocycles. The van der Waals surface area contributed by atoms with Crippen LogP contribution in [0.1, 0.15) is 23.2 Å². The SMILES string of the molecule is O=C(O)CCC(NC(=O)c1cc(Cl)ccc1F)C(=O)O. The number of halogens is 2.